The van der Waals surface area contributed by atoms with E-state index in [1.807, 2.05) is 24.4 Å². The van der Waals surface area contributed by atoms with Crippen LogP contribution in [0.5, 0.6) is 0 Å². The first kappa shape index (κ1) is 27.1. The van der Waals surface area contributed by atoms with Gasteiger partial charge in [0.05, 0.1) is 18.7 Å². The number of carbonyl (C=O) groups is 1. The summed E-state index contributed by atoms with van der Waals surface area (Å²) in [5.74, 6) is 1.19. The third-order valence-electron chi connectivity index (χ3n) is 7.68. The van der Waals surface area contributed by atoms with E-state index in [0.717, 1.165) is 47.4 Å². The van der Waals surface area contributed by atoms with Crippen molar-refractivity contribution in [3.8, 4) is 0 Å². The molecule has 0 aliphatic carbocycles. The molecule has 3 aromatic carbocycles. The van der Waals surface area contributed by atoms with Gasteiger partial charge in [-0.25, -0.2) is 4.98 Å². The number of hydrogen-bond acceptors (Lipinski definition) is 5. The molecule has 6 rings (SSSR count). The molecule has 0 aliphatic rings. The Morgan fingerprint density at radius 2 is 1.67 bits per heavy atom. The van der Waals surface area contributed by atoms with Crippen LogP contribution in [0.25, 0.3) is 10.9 Å². The first-order valence-corrected chi connectivity index (χ1v) is 14.3. The summed E-state index contributed by atoms with van der Waals surface area (Å²) in [5.41, 5.74) is 6.09. The predicted octanol–water partition coefficient (Wildman–Crippen LogP) is 5.51. The molecule has 2 N–H and O–H groups in total. The molecule has 1 atom stereocenters. The van der Waals surface area contributed by atoms with Crippen LogP contribution < -0.4 is 5.32 Å². The van der Waals surface area contributed by atoms with E-state index in [2.05, 4.69) is 92.4 Å². The van der Waals surface area contributed by atoms with Crippen molar-refractivity contribution in [2.75, 3.05) is 6.54 Å². The summed E-state index contributed by atoms with van der Waals surface area (Å²) in [6.07, 6.45) is 9.16. The second kappa shape index (κ2) is 12.6. The smallest absolute Gasteiger partial charge is 0.271 e. The maximum absolute atomic E-state index is 13.1. The molecule has 0 spiro atoms. The van der Waals surface area contributed by atoms with Crippen molar-refractivity contribution >= 4 is 16.8 Å². The number of rotatable bonds is 11. The van der Waals surface area contributed by atoms with Gasteiger partial charge in [-0.1, -0.05) is 79.7 Å². The maximum atomic E-state index is 13.1. The van der Waals surface area contributed by atoms with Crippen LogP contribution in [0.1, 0.15) is 57.2 Å². The van der Waals surface area contributed by atoms with E-state index >= 15 is 0 Å². The lowest BCUT2D eigenvalue weighted by atomic mass is 9.97. The molecule has 8 nitrogen and oxygen atoms in total. The highest BCUT2D eigenvalue weighted by molar-refractivity contribution is 5.92. The van der Waals surface area contributed by atoms with E-state index in [0.29, 0.717) is 13.1 Å². The van der Waals surface area contributed by atoms with Crippen LogP contribution in [0.2, 0.25) is 0 Å². The summed E-state index contributed by atoms with van der Waals surface area (Å²) in [6.45, 7) is 3.12. The fraction of sp³-hybridized carbons (Fsp3) is 0.206. The van der Waals surface area contributed by atoms with E-state index in [4.69, 9.17) is 10.2 Å². The summed E-state index contributed by atoms with van der Waals surface area (Å²) in [6, 6.07) is 27.4. The standard InChI is InChI=1S/C34H33N7O/c1-2-24-12-14-26(15-13-24)23-41-32(17-16-25-8-4-3-5-9-25)39-40-33(41)29(21-38-34(42)31-22-35-18-19-36-31)28-20-37-30-11-7-6-10-27(28)30/h3-15,18-20,22,29,37H,2,16-17,21,23H2,1H3,(H,38,42). The highest BCUT2D eigenvalue weighted by atomic mass is 16.1. The summed E-state index contributed by atoms with van der Waals surface area (Å²) >= 11 is 0. The van der Waals surface area contributed by atoms with Crippen LogP contribution in [0.15, 0.2) is 104 Å². The number of aromatic amines is 1. The first-order valence-electron chi connectivity index (χ1n) is 14.3. The molecule has 6 aromatic rings. The number of nitrogens with zero attached hydrogens (tertiary/aromatic N) is 5. The number of amides is 1. The zero-order chi connectivity index (χ0) is 28.7. The summed E-state index contributed by atoms with van der Waals surface area (Å²) < 4.78 is 2.23. The average molecular weight is 556 g/mol. The lowest BCUT2D eigenvalue weighted by molar-refractivity contribution is 0.0946. The molecular weight excluding hydrogens is 522 g/mol. The fourth-order valence-electron chi connectivity index (χ4n) is 5.35. The van der Waals surface area contributed by atoms with Crippen molar-refractivity contribution < 1.29 is 4.79 Å². The minimum atomic E-state index is -0.279. The molecule has 42 heavy (non-hydrogen) atoms. The van der Waals surface area contributed by atoms with Crippen molar-refractivity contribution in [1.29, 1.82) is 0 Å². The van der Waals surface area contributed by atoms with Gasteiger partial charge in [-0.3, -0.25) is 9.78 Å². The molecule has 8 heteroatoms. The van der Waals surface area contributed by atoms with Gasteiger partial charge in [-0.05, 0) is 41.2 Å². The van der Waals surface area contributed by atoms with Gasteiger partial charge in [0.15, 0.2) is 0 Å². The van der Waals surface area contributed by atoms with Crippen LogP contribution in [-0.4, -0.2) is 42.2 Å². The summed E-state index contributed by atoms with van der Waals surface area (Å²) in [7, 11) is 0. The van der Waals surface area contributed by atoms with E-state index in [9.17, 15) is 4.79 Å². The highest BCUT2D eigenvalue weighted by Crippen LogP contribution is 2.31. The third-order valence-corrected chi connectivity index (χ3v) is 7.68. The monoisotopic (exact) mass is 555 g/mol. The lowest BCUT2D eigenvalue weighted by Gasteiger charge is -2.19. The number of aromatic nitrogens is 6. The average Bonchev–Trinajstić information content (AvgIpc) is 3.66. The number of H-pyrrole nitrogens is 1. The molecule has 0 radical (unpaired) electrons. The van der Waals surface area contributed by atoms with Crippen molar-refractivity contribution in [3.63, 3.8) is 0 Å². The van der Waals surface area contributed by atoms with Gasteiger partial charge in [-0.15, -0.1) is 10.2 Å². The second-order valence-electron chi connectivity index (χ2n) is 10.4. The van der Waals surface area contributed by atoms with Crippen LogP contribution in [0.3, 0.4) is 0 Å². The molecule has 0 saturated heterocycles. The number of fused-ring (bicyclic) bond motifs is 1. The Kier molecular flexibility index (Phi) is 8.12. The topological polar surface area (TPSA) is 101 Å². The molecule has 1 amide bonds. The van der Waals surface area contributed by atoms with Crippen LogP contribution in [0.4, 0.5) is 0 Å². The van der Waals surface area contributed by atoms with Crippen molar-refractivity contribution in [2.45, 2.75) is 38.6 Å². The van der Waals surface area contributed by atoms with Crippen molar-refractivity contribution in [3.05, 3.63) is 143 Å². The normalized spacial score (nSPS) is 11.9. The Morgan fingerprint density at radius 3 is 2.45 bits per heavy atom. The van der Waals surface area contributed by atoms with Crippen molar-refractivity contribution in [1.82, 2.24) is 35.0 Å². The molecule has 0 bridgehead atoms. The molecule has 0 aliphatic heterocycles. The zero-order valence-corrected chi connectivity index (χ0v) is 23.6. The van der Waals surface area contributed by atoms with Gasteiger partial charge in [0, 0.05) is 42.5 Å². The summed E-state index contributed by atoms with van der Waals surface area (Å²) in [4.78, 5) is 24.7. The largest absolute Gasteiger partial charge is 0.361 e. The van der Waals surface area contributed by atoms with Crippen LogP contribution in [0, 0.1) is 0 Å². The number of aryl methyl sites for hydroxylation is 3. The highest BCUT2D eigenvalue weighted by Gasteiger charge is 2.26. The molecule has 0 fully saturated rings. The van der Waals surface area contributed by atoms with E-state index in [1.54, 1.807) is 6.20 Å². The number of carbonyl (C=O) groups excluding carboxylic acids is 1. The Balaban J connectivity index is 1.39. The Bertz CT molecular complexity index is 1760. The Hall–Kier alpha value is -5.11. The van der Waals surface area contributed by atoms with Gasteiger partial charge in [0.1, 0.15) is 17.3 Å². The van der Waals surface area contributed by atoms with Crippen LogP contribution >= 0.6 is 0 Å². The lowest BCUT2D eigenvalue weighted by Crippen LogP contribution is -2.31. The molecule has 210 valence electrons. The SMILES string of the molecule is CCc1ccc(Cn2c(CCc3ccccc3)nnc2C(CNC(=O)c2cnccn2)c2c[nH]c3ccccc23)cc1. The molecular formula is C34H33N7O. The Labute approximate surface area is 244 Å². The summed E-state index contributed by atoms with van der Waals surface area (Å²) in [5, 5.41) is 13.7. The first-order chi connectivity index (χ1) is 20.7. The number of benzene rings is 3. The van der Waals surface area contributed by atoms with E-state index < -0.39 is 0 Å². The predicted molar refractivity (Wildman–Crippen MR) is 163 cm³/mol. The minimum Gasteiger partial charge on any atom is -0.361 e. The second-order valence-corrected chi connectivity index (χ2v) is 10.4. The quantitative estimate of drug-likeness (QED) is 0.220. The molecule has 3 aromatic heterocycles. The van der Waals surface area contributed by atoms with Gasteiger partial charge in [0.2, 0.25) is 0 Å². The van der Waals surface area contributed by atoms with Gasteiger partial charge in [0.25, 0.3) is 5.91 Å². The van der Waals surface area contributed by atoms with Gasteiger partial charge >= 0.3 is 0 Å². The number of hydrogen-bond donors (Lipinski definition) is 2. The molecule has 0 saturated carbocycles. The third kappa shape index (κ3) is 5.98. The van der Waals surface area contributed by atoms with E-state index in [-0.39, 0.29) is 17.5 Å². The number of para-hydroxylation sites is 1. The van der Waals surface area contributed by atoms with E-state index in [1.165, 1.54) is 29.1 Å². The molecule has 1 unspecified atom stereocenters. The minimum absolute atomic E-state index is 0.255. The zero-order valence-electron chi connectivity index (χ0n) is 23.6. The van der Waals surface area contributed by atoms with Gasteiger partial charge in [-0.2, -0.15) is 0 Å². The van der Waals surface area contributed by atoms with Crippen molar-refractivity contribution in [2.24, 2.45) is 0 Å². The van der Waals surface area contributed by atoms with Gasteiger partial charge < -0.3 is 14.9 Å². The number of nitrogens with one attached hydrogen (secondary N) is 2. The fourth-order valence-corrected chi connectivity index (χ4v) is 5.35. The maximum Gasteiger partial charge on any atom is 0.271 e. The molecule has 3 heterocycles. The van der Waals surface area contributed by atoms with Crippen LogP contribution in [-0.2, 0) is 25.8 Å². The Morgan fingerprint density at radius 1 is 0.881 bits per heavy atom.